The minimum atomic E-state index is -0.287. The Morgan fingerprint density at radius 3 is 3.04 bits per heavy atom. The average molecular weight is 326 g/mol. The zero-order valence-electron chi connectivity index (χ0n) is 13.8. The number of hydrogen-bond donors (Lipinski definition) is 1. The lowest BCUT2D eigenvalue weighted by Gasteiger charge is -2.17. The van der Waals surface area contributed by atoms with Crippen LogP contribution in [0.15, 0.2) is 43.0 Å². The largest absolute Gasteiger partial charge is 0.354 e. The average Bonchev–Trinajstić information content (AvgIpc) is 3.24. The van der Waals surface area contributed by atoms with Crippen molar-refractivity contribution in [1.82, 2.24) is 14.9 Å². The molecule has 2 aromatic rings. The second-order valence-electron chi connectivity index (χ2n) is 6.02. The molecule has 1 aromatic heterocycles. The molecule has 2 amide bonds. The van der Waals surface area contributed by atoms with Gasteiger partial charge in [-0.25, -0.2) is 4.98 Å². The Balaban J connectivity index is 1.56. The molecule has 0 saturated carbocycles. The standard InChI is InChI=1S/C18H22N4O2/c1-2-14-4-3-5-16(10-14)22-12-15(11-17(22)23)18(24)20-7-9-21-8-6-19-13-21/h3-6,8,10,13,15H,2,7,9,11-12H2,1H3,(H,20,24)/t15-/m0/s1. The monoisotopic (exact) mass is 326 g/mol. The van der Waals surface area contributed by atoms with Crippen molar-refractivity contribution in [2.45, 2.75) is 26.3 Å². The molecule has 6 nitrogen and oxygen atoms in total. The van der Waals surface area contributed by atoms with Crippen LogP contribution in [0.25, 0.3) is 0 Å². The van der Waals surface area contributed by atoms with Crippen molar-refractivity contribution in [2.75, 3.05) is 18.0 Å². The molecule has 6 heteroatoms. The molecule has 0 aliphatic carbocycles. The highest BCUT2D eigenvalue weighted by Crippen LogP contribution is 2.26. The molecule has 1 fully saturated rings. The fourth-order valence-corrected chi connectivity index (χ4v) is 2.95. The third kappa shape index (κ3) is 3.64. The van der Waals surface area contributed by atoms with Gasteiger partial charge in [0.05, 0.1) is 12.2 Å². The summed E-state index contributed by atoms with van der Waals surface area (Å²) in [5.74, 6) is -0.332. The van der Waals surface area contributed by atoms with Crippen LogP contribution in [0.3, 0.4) is 0 Å². The van der Waals surface area contributed by atoms with Gasteiger partial charge in [-0.3, -0.25) is 9.59 Å². The molecule has 0 unspecified atom stereocenters. The van der Waals surface area contributed by atoms with Crippen LogP contribution in [0.1, 0.15) is 18.9 Å². The number of carbonyl (C=O) groups is 2. The Morgan fingerprint density at radius 1 is 1.42 bits per heavy atom. The number of hydrogen-bond acceptors (Lipinski definition) is 3. The lowest BCUT2D eigenvalue weighted by Crippen LogP contribution is -2.34. The maximum atomic E-state index is 12.3. The van der Waals surface area contributed by atoms with Crippen molar-refractivity contribution in [2.24, 2.45) is 5.92 Å². The second kappa shape index (κ2) is 7.29. The zero-order valence-corrected chi connectivity index (χ0v) is 13.8. The van der Waals surface area contributed by atoms with Crippen LogP contribution in [0.5, 0.6) is 0 Å². The summed E-state index contributed by atoms with van der Waals surface area (Å²) in [6.07, 6.45) is 6.47. The normalized spacial score (nSPS) is 17.3. The maximum Gasteiger partial charge on any atom is 0.227 e. The fourth-order valence-electron chi connectivity index (χ4n) is 2.95. The van der Waals surface area contributed by atoms with Gasteiger partial charge in [0.15, 0.2) is 0 Å². The van der Waals surface area contributed by atoms with Crippen LogP contribution in [0, 0.1) is 5.92 Å². The first-order chi connectivity index (χ1) is 11.7. The van der Waals surface area contributed by atoms with Gasteiger partial charge in [0.1, 0.15) is 0 Å². The molecule has 0 radical (unpaired) electrons. The summed E-state index contributed by atoms with van der Waals surface area (Å²) in [6.45, 7) is 3.74. The van der Waals surface area contributed by atoms with Gasteiger partial charge in [-0.05, 0) is 24.1 Å². The predicted octanol–water partition coefficient (Wildman–Crippen LogP) is 1.61. The molecule has 126 valence electrons. The smallest absolute Gasteiger partial charge is 0.227 e. The number of aryl methyl sites for hydroxylation is 1. The molecular formula is C18H22N4O2. The van der Waals surface area contributed by atoms with Gasteiger partial charge in [0.25, 0.3) is 0 Å². The molecule has 1 saturated heterocycles. The predicted molar refractivity (Wildman–Crippen MR) is 91.5 cm³/mol. The summed E-state index contributed by atoms with van der Waals surface area (Å²) in [6, 6.07) is 7.96. The molecule has 1 N–H and O–H groups in total. The third-order valence-corrected chi connectivity index (χ3v) is 4.35. The summed E-state index contributed by atoms with van der Waals surface area (Å²) in [5, 5.41) is 2.91. The molecule has 24 heavy (non-hydrogen) atoms. The minimum Gasteiger partial charge on any atom is -0.354 e. The Hall–Kier alpha value is -2.63. The van der Waals surface area contributed by atoms with E-state index in [9.17, 15) is 9.59 Å². The number of aromatic nitrogens is 2. The molecule has 2 heterocycles. The Morgan fingerprint density at radius 2 is 2.29 bits per heavy atom. The molecule has 3 rings (SSSR count). The third-order valence-electron chi connectivity index (χ3n) is 4.35. The summed E-state index contributed by atoms with van der Waals surface area (Å²) in [7, 11) is 0. The van der Waals surface area contributed by atoms with Crippen molar-refractivity contribution >= 4 is 17.5 Å². The molecule has 1 aliphatic heterocycles. The topological polar surface area (TPSA) is 67.2 Å². The van der Waals surface area contributed by atoms with E-state index in [4.69, 9.17) is 0 Å². The highest BCUT2D eigenvalue weighted by atomic mass is 16.2. The number of amides is 2. The van der Waals surface area contributed by atoms with Crippen LogP contribution in [0.4, 0.5) is 5.69 Å². The van der Waals surface area contributed by atoms with Gasteiger partial charge >= 0.3 is 0 Å². The number of carbonyl (C=O) groups excluding carboxylic acids is 2. The summed E-state index contributed by atoms with van der Waals surface area (Å²) in [5.41, 5.74) is 2.07. The van der Waals surface area contributed by atoms with Crippen LogP contribution in [-0.2, 0) is 22.6 Å². The van der Waals surface area contributed by atoms with Crippen LogP contribution in [-0.4, -0.2) is 34.5 Å². The van der Waals surface area contributed by atoms with Gasteiger partial charge in [0.2, 0.25) is 11.8 Å². The minimum absolute atomic E-state index is 0.0120. The lowest BCUT2D eigenvalue weighted by molar-refractivity contribution is -0.126. The Bertz CT molecular complexity index is 712. The van der Waals surface area contributed by atoms with E-state index < -0.39 is 0 Å². The van der Waals surface area contributed by atoms with E-state index in [1.54, 1.807) is 17.4 Å². The van der Waals surface area contributed by atoms with Crippen molar-refractivity contribution in [3.63, 3.8) is 0 Å². The van der Waals surface area contributed by atoms with Gasteiger partial charge in [-0.15, -0.1) is 0 Å². The number of rotatable bonds is 6. The first kappa shape index (κ1) is 16.2. The Labute approximate surface area is 141 Å². The SMILES string of the molecule is CCc1cccc(N2C[C@@H](C(=O)NCCn3ccnc3)CC2=O)c1. The first-order valence-electron chi connectivity index (χ1n) is 8.30. The fraction of sp³-hybridized carbons (Fsp3) is 0.389. The van der Waals surface area contributed by atoms with Crippen molar-refractivity contribution in [1.29, 1.82) is 0 Å². The number of nitrogens with zero attached hydrogens (tertiary/aromatic N) is 3. The highest BCUT2D eigenvalue weighted by molar-refractivity contribution is 6.00. The summed E-state index contributed by atoms with van der Waals surface area (Å²) in [4.78, 5) is 30.3. The van der Waals surface area contributed by atoms with E-state index >= 15 is 0 Å². The van der Waals surface area contributed by atoms with Crippen molar-refractivity contribution in [3.05, 3.63) is 48.5 Å². The highest BCUT2D eigenvalue weighted by Gasteiger charge is 2.34. The quantitative estimate of drug-likeness (QED) is 0.877. The van der Waals surface area contributed by atoms with Gasteiger partial charge in [-0.1, -0.05) is 19.1 Å². The van der Waals surface area contributed by atoms with Crippen LogP contribution in [0.2, 0.25) is 0 Å². The lowest BCUT2D eigenvalue weighted by atomic mass is 10.1. The molecule has 0 spiro atoms. The second-order valence-corrected chi connectivity index (χ2v) is 6.02. The van der Waals surface area contributed by atoms with E-state index in [0.29, 0.717) is 19.6 Å². The van der Waals surface area contributed by atoms with E-state index in [1.165, 1.54) is 5.56 Å². The van der Waals surface area contributed by atoms with E-state index in [-0.39, 0.29) is 24.2 Å². The van der Waals surface area contributed by atoms with E-state index in [2.05, 4.69) is 17.2 Å². The van der Waals surface area contributed by atoms with Crippen LogP contribution < -0.4 is 10.2 Å². The number of benzene rings is 1. The molecular weight excluding hydrogens is 304 g/mol. The first-order valence-corrected chi connectivity index (χ1v) is 8.30. The maximum absolute atomic E-state index is 12.3. The summed E-state index contributed by atoms with van der Waals surface area (Å²) < 4.78 is 1.91. The van der Waals surface area contributed by atoms with Gasteiger partial charge in [0, 0.05) is 44.1 Å². The van der Waals surface area contributed by atoms with E-state index in [0.717, 1.165) is 12.1 Å². The number of nitrogens with one attached hydrogen (secondary N) is 1. The van der Waals surface area contributed by atoms with E-state index in [1.807, 2.05) is 35.0 Å². The summed E-state index contributed by atoms with van der Waals surface area (Å²) >= 11 is 0. The van der Waals surface area contributed by atoms with Crippen molar-refractivity contribution < 1.29 is 9.59 Å². The van der Waals surface area contributed by atoms with Gasteiger partial charge < -0.3 is 14.8 Å². The molecule has 1 aromatic carbocycles. The molecule has 1 aliphatic rings. The molecule has 0 bridgehead atoms. The van der Waals surface area contributed by atoms with Crippen LogP contribution >= 0.6 is 0 Å². The Kier molecular flexibility index (Phi) is 4.93. The number of anilines is 1. The van der Waals surface area contributed by atoms with Gasteiger partial charge in [-0.2, -0.15) is 0 Å². The zero-order chi connectivity index (χ0) is 16.9. The molecule has 1 atom stereocenters. The van der Waals surface area contributed by atoms with Crippen molar-refractivity contribution in [3.8, 4) is 0 Å². The number of imidazole rings is 1.